The highest BCUT2D eigenvalue weighted by Gasteiger charge is 2.18. The van der Waals surface area contributed by atoms with Gasteiger partial charge in [-0.15, -0.1) is 11.3 Å². The minimum absolute atomic E-state index is 1.10. The van der Waals surface area contributed by atoms with Crippen molar-refractivity contribution >= 4 is 81.1 Å². The van der Waals surface area contributed by atoms with E-state index in [1.165, 1.54) is 75.0 Å². The largest absolute Gasteiger partial charge is 0.310 e. The van der Waals surface area contributed by atoms with Crippen molar-refractivity contribution < 1.29 is 0 Å². The van der Waals surface area contributed by atoms with Gasteiger partial charge in [-0.1, -0.05) is 127 Å². The fourth-order valence-corrected chi connectivity index (χ4v) is 9.52. The van der Waals surface area contributed by atoms with Gasteiger partial charge < -0.3 is 9.47 Å². The van der Waals surface area contributed by atoms with Gasteiger partial charge in [0, 0.05) is 53.7 Å². The fourth-order valence-electron chi connectivity index (χ4n) is 8.39. The predicted octanol–water partition coefficient (Wildman–Crippen LogP) is 15.1. The van der Waals surface area contributed by atoms with Crippen LogP contribution < -0.4 is 4.90 Å². The molecule has 0 radical (unpaired) electrons. The Hall–Kier alpha value is -6.94. The predicted molar refractivity (Wildman–Crippen MR) is 237 cm³/mol. The molecule has 2 heterocycles. The molecule has 55 heavy (non-hydrogen) atoms. The van der Waals surface area contributed by atoms with Gasteiger partial charge in [-0.25, -0.2) is 0 Å². The summed E-state index contributed by atoms with van der Waals surface area (Å²) in [7, 11) is 0. The molecule has 258 valence electrons. The third-order valence-corrected chi connectivity index (χ3v) is 12.1. The average molecular weight is 719 g/mol. The zero-order chi connectivity index (χ0) is 36.3. The van der Waals surface area contributed by atoms with Crippen LogP contribution in [0.1, 0.15) is 0 Å². The smallest absolute Gasteiger partial charge is 0.0547 e. The quantitative estimate of drug-likeness (QED) is 0.166. The number of hydrogen-bond acceptors (Lipinski definition) is 2. The van der Waals surface area contributed by atoms with Crippen LogP contribution >= 0.6 is 11.3 Å². The van der Waals surface area contributed by atoms with Gasteiger partial charge in [-0.2, -0.15) is 0 Å². The Morgan fingerprint density at radius 1 is 0.364 bits per heavy atom. The van der Waals surface area contributed by atoms with Gasteiger partial charge in [0.2, 0.25) is 0 Å². The van der Waals surface area contributed by atoms with Crippen LogP contribution in [0.25, 0.3) is 80.7 Å². The normalized spacial score (nSPS) is 11.6. The molecule has 11 aromatic rings. The monoisotopic (exact) mass is 718 g/mol. The van der Waals surface area contributed by atoms with E-state index >= 15 is 0 Å². The van der Waals surface area contributed by atoms with E-state index in [2.05, 4.69) is 216 Å². The molecule has 3 heteroatoms. The van der Waals surface area contributed by atoms with Crippen molar-refractivity contribution in [2.75, 3.05) is 4.90 Å². The zero-order valence-electron chi connectivity index (χ0n) is 29.9. The lowest BCUT2D eigenvalue weighted by molar-refractivity contribution is 1.17. The topological polar surface area (TPSA) is 8.17 Å². The molecule has 0 amide bonds. The molecule has 0 fully saturated rings. The highest BCUT2D eigenvalue weighted by molar-refractivity contribution is 7.25. The fraction of sp³-hybridized carbons (Fsp3) is 0. The molecule has 9 aromatic carbocycles. The van der Waals surface area contributed by atoms with Crippen molar-refractivity contribution in [3.63, 3.8) is 0 Å². The van der Waals surface area contributed by atoms with Gasteiger partial charge in [-0.05, 0) is 112 Å². The van der Waals surface area contributed by atoms with Crippen LogP contribution in [0.5, 0.6) is 0 Å². The molecule has 0 aliphatic rings. The van der Waals surface area contributed by atoms with Crippen molar-refractivity contribution in [1.29, 1.82) is 0 Å². The molecule has 2 nitrogen and oxygen atoms in total. The maximum absolute atomic E-state index is 2.41. The van der Waals surface area contributed by atoms with E-state index in [9.17, 15) is 0 Å². The summed E-state index contributed by atoms with van der Waals surface area (Å²) in [6.07, 6.45) is 0. The third-order valence-electron chi connectivity index (χ3n) is 11.0. The number of fused-ring (bicyclic) bond motifs is 7. The lowest BCUT2D eigenvalue weighted by Gasteiger charge is -2.26. The Labute approximate surface area is 323 Å². The first kappa shape index (κ1) is 31.6. The van der Waals surface area contributed by atoms with Gasteiger partial charge in [-0.3, -0.25) is 0 Å². The van der Waals surface area contributed by atoms with Crippen molar-refractivity contribution in [3.05, 3.63) is 206 Å². The van der Waals surface area contributed by atoms with Crippen LogP contribution in [-0.2, 0) is 0 Å². The lowest BCUT2D eigenvalue weighted by atomic mass is 9.98. The van der Waals surface area contributed by atoms with Crippen LogP contribution in [0.3, 0.4) is 0 Å². The van der Waals surface area contributed by atoms with Crippen LogP contribution in [0.2, 0.25) is 0 Å². The second-order valence-corrected chi connectivity index (χ2v) is 15.2. The number of aromatic nitrogens is 1. The number of anilines is 3. The van der Waals surface area contributed by atoms with Crippen LogP contribution in [0.4, 0.5) is 17.1 Å². The molecule has 11 rings (SSSR count). The second kappa shape index (κ2) is 12.9. The molecule has 0 unspecified atom stereocenters. The van der Waals surface area contributed by atoms with Gasteiger partial charge in [0.1, 0.15) is 0 Å². The number of thiophene rings is 1. The van der Waals surface area contributed by atoms with Gasteiger partial charge in [0.25, 0.3) is 0 Å². The molecule has 0 N–H and O–H groups in total. The summed E-state index contributed by atoms with van der Waals surface area (Å²) >= 11 is 1.86. The van der Waals surface area contributed by atoms with Crippen molar-refractivity contribution in [3.8, 4) is 27.9 Å². The SMILES string of the molecule is c1ccc(-c2ccc(N(c3ccc(-n4c5ccccc5c5cc6ccccc6cc54)cc3)c3cccc(-c4cccc5sc6ccccc6c45)c3)cc2)cc1. The van der Waals surface area contributed by atoms with Crippen molar-refractivity contribution in [2.24, 2.45) is 0 Å². The first-order chi connectivity index (χ1) is 27.3. The van der Waals surface area contributed by atoms with E-state index in [1.54, 1.807) is 0 Å². The lowest BCUT2D eigenvalue weighted by Crippen LogP contribution is -2.10. The Bertz CT molecular complexity index is 3190. The van der Waals surface area contributed by atoms with Gasteiger partial charge >= 0.3 is 0 Å². The molecular weight excluding hydrogens is 685 g/mol. The Balaban J connectivity index is 1.06. The molecule has 0 aliphatic carbocycles. The van der Waals surface area contributed by atoms with E-state index in [4.69, 9.17) is 0 Å². The summed E-state index contributed by atoms with van der Waals surface area (Å²) in [4.78, 5) is 2.38. The minimum atomic E-state index is 1.10. The van der Waals surface area contributed by atoms with E-state index in [0.717, 1.165) is 22.7 Å². The van der Waals surface area contributed by atoms with E-state index in [1.807, 2.05) is 11.3 Å². The second-order valence-electron chi connectivity index (χ2n) is 14.2. The Morgan fingerprint density at radius 3 is 1.80 bits per heavy atom. The number of hydrogen-bond donors (Lipinski definition) is 0. The molecule has 0 bridgehead atoms. The van der Waals surface area contributed by atoms with Crippen LogP contribution in [0, 0.1) is 0 Å². The zero-order valence-corrected chi connectivity index (χ0v) is 30.7. The number of nitrogens with zero attached hydrogens (tertiary/aromatic N) is 2. The molecule has 0 spiro atoms. The molecule has 0 saturated heterocycles. The van der Waals surface area contributed by atoms with E-state index in [-0.39, 0.29) is 0 Å². The maximum Gasteiger partial charge on any atom is 0.0547 e. The summed E-state index contributed by atoms with van der Waals surface area (Å²) in [5, 5.41) is 7.66. The molecular formula is C52H34N2S. The first-order valence-electron chi connectivity index (χ1n) is 18.8. The first-order valence-corrected chi connectivity index (χ1v) is 19.6. The summed E-state index contributed by atoms with van der Waals surface area (Å²) in [6, 6.07) is 75.2. The molecule has 2 aromatic heterocycles. The standard InChI is InChI=1S/C52H34N2S/c1-2-12-35(13-3-1)36-24-26-40(27-25-36)53(43-17-10-16-39(32-43)44-20-11-23-51-52(44)46-19-7-9-22-50(46)55-51)41-28-30-42(31-29-41)54-48-21-8-6-18-45(48)47-33-37-14-4-5-15-38(37)34-49(47)54/h1-34H. The number of benzene rings is 9. The number of para-hydroxylation sites is 1. The molecule has 0 saturated carbocycles. The summed E-state index contributed by atoms with van der Waals surface area (Å²) in [6.45, 7) is 0. The van der Waals surface area contributed by atoms with Crippen LogP contribution in [-0.4, -0.2) is 4.57 Å². The summed E-state index contributed by atoms with van der Waals surface area (Å²) in [5.74, 6) is 0. The Kier molecular flexibility index (Phi) is 7.39. The van der Waals surface area contributed by atoms with Crippen molar-refractivity contribution in [2.45, 2.75) is 0 Å². The highest BCUT2D eigenvalue weighted by Crippen LogP contribution is 2.43. The highest BCUT2D eigenvalue weighted by atomic mass is 32.1. The summed E-state index contributed by atoms with van der Waals surface area (Å²) in [5.41, 5.74) is 11.7. The van der Waals surface area contributed by atoms with Crippen molar-refractivity contribution in [1.82, 2.24) is 4.57 Å². The van der Waals surface area contributed by atoms with E-state index in [0.29, 0.717) is 0 Å². The minimum Gasteiger partial charge on any atom is -0.310 e. The molecule has 0 aliphatic heterocycles. The summed E-state index contributed by atoms with van der Waals surface area (Å²) < 4.78 is 5.04. The number of rotatable bonds is 6. The maximum atomic E-state index is 2.41. The Morgan fingerprint density at radius 2 is 0.982 bits per heavy atom. The third kappa shape index (κ3) is 5.32. The van der Waals surface area contributed by atoms with Gasteiger partial charge in [0.05, 0.1) is 11.0 Å². The van der Waals surface area contributed by atoms with E-state index < -0.39 is 0 Å². The van der Waals surface area contributed by atoms with Gasteiger partial charge in [0.15, 0.2) is 0 Å². The molecule has 0 atom stereocenters. The average Bonchev–Trinajstić information content (AvgIpc) is 3.79. The van der Waals surface area contributed by atoms with Crippen LogP contribution in [0.15, 0.2) is 206 Å².